The maximum atomic E-state index is 12.9. The molecule has 0 aliphatic heterocycles. The summed E-state index contributed by atoms with van der Waals surface area (Å²) < 4.78 is 12.9. The third-order valence-electron chi connectivity index (χ3n) is 2.02. The van der Waals surface area contributed by atoms with E-state index in [1.807, 2.05) is 0 Å². The summed E-state index contributed by atoms with van der Waals surface area (Å²) in [6.07, 6.45) is 5.23. The fourth-order valence-electron chi connectivity index (χ4n) is 1.28. The molecule has 0 amide bonds. The first-order valence-corrected chi connectivity index (χ1v) is 4.46. The van der Waals surface area contributed by atoms with Gasteiger partial charge in [0.2, 0.25) is 0 Å². The normalized spacial score (nSPS) is 10.1. The van der Waals surface area contributed by atoms with Crippen LogP contribution in [-0.2, 0) is 0 Å². The lowest BCUT2D eigenvalue weighted by atomic mass is 10.1. The summed E-state index contributed by atoms with van der Waals surface area (Å²) in [7, 11) is 0. The van der Waals surface area contributed by atoms with Gasteiger partial charge in [-0.1, -0.05) is 0 Å². The molecule has 0 aromatic carbocycles. The van der Waals surface area contributed by atoms with Gasteiger partial charge in [-0.3, -0.25) is 9.97 Å². The predicted molar refractivity (Wildman–Crippen MR) is 54.4 cm³/mol. The maximum absolute atomic E-state index is 12.9. The molecule has 2 aromatic rings. The van der Waals surface area contributed by atoms with E-state index in [4.69, 9.17) is 5.11 Å². The molecule has 0 bridgehead atoms. The Balaban J connectivity index is 2.48. The second-order valence-corrected chi connectivity index (χ2v) is 3.16. The number of hydrogen-bond acceptors (Lipinski definition) is 3. The Morgan fingerprint density at radius 2 is 1.69 bits per heavy atom. The van der Waals surface area contributed by atoms with Crippen molar-refractivity contribution in [3.63, 3.8) is 0 Å². The Bertz CT molecular complexity index is 543. The minimum atomic E-state index is -1.07. The first kappa shape index (κ1) is 10.2. The lowest BCUT2D eigenvalue weighted by Gasteiger charge is -2.01. The average molecular weight is 218 g/mol. The van der Waals surface area contributed by atoms with Crippen LogP contribution in [0.2, 0.25) is 0 Å². The minimum absolute atomic E-state index is 0.0572. The molecule has 0 saturated heterocycles. The molecule has 0 radical (unpaired) electrons. The summed E-state index contributed by atoms with van der Waals surface area (Å²) in [5.74, 6) is -1.54. The van der Waals surface area contributed by atoms with Gasteiger partial charge in [-0.2, -0.15) is 0 Å². The third kappa shape index (κ3) is 2.03. The van der Waals surface area contributed by atoms with Crippen LogP contribution in [0.15, 0.2) is 36.9 Å². The Labute approximate surface area is 90.4 Å². The van der Waals surface area contributed by atoms with E-state index < -0.39 is 11.8 Å². The van der Waals surface area contributed by atoms with Crippen LogP contribution in [0, 0.1) is 5.82 Å². The summed E-state index contributed by atoms with van der Waals surface area (Å²) in [5, 5.41) is 8.78. The molecular formula is C11H7FN2O2. The van der Waals surface area contributed by atoms with E-state index in [0.717, 1.165) is 6.20 Å². The van der Waals surface area contributed by atoms with E-state index in [2.05, 4.69) is 9.97 Å². The summed E-state index contributed by atoms with van der Waals surface area (Å²) in [6, 6.07) is 2.70. The van der Waals surface area contributed by atoms with Crippen molar-refractivity contribution < 1.29 is 14.3 Å². The Morgan fingerprint density at radius 1 is 1.06 bits per heavy atom. The molecule has 0 spiro atoms. The highest BCUT2D eigenvalue weighted by atomic mass is 19.1. The van der Waals surface area contributed by atoms with Gasteiger partial charge in [0, 0.05) is 29.7 Å². The molecule has 16 heavy (non-hydrogen) atoms. The standard InChI is InChI=1S/C11H7FN2O2/c12-10-2-8(4-14-6-10)7-1-9(11(15)16)5-13-3-7/h1-6H,(H,15,16). The molecule has 0 saturated carbocycles. The van der Waals surface area contributed by atoms with Crippen LogP contribution in [0.5, 0.6) is 0 Å². The first-order chi connectivity index (χ1) is 7.66. The maximum Gasteiger partial charge on any atom is 0.337 e. The van der Waals surface area contributed by atoms with Crippen LogP contribution in [0.25, 0.3) is 11.1 Å². The molecule has 0 fully saturated rings. The third-order valence-corrected chi connectivity index (χ3v) is 2.02. The van der Waals surface area contributed by atoms with E-state index >= 15 is 0 Å². The van der Waals surface area contributed by atoms with Gasteiger partial charge >= 0.3 is 5.97 Å². The van der Waals surface area contributed by atoms with Crippen LogP contribution in [0.1, 0.15) is 10.4 Å². The molecule has 0 atom stereocenters. The summed E-state index contributed by atoms with van der Waals surface area (Å²) in [6.45, 7) is 0. The smallest absolute Gasteiger partial charge is 0.337 e. The molecule has 5 heteroatoms. The molecule has 2 rings (SSSR count). The molecule has 0 unspecified atom stereocenters. The van der Waals surface area contributed by atoms with Gasteiger partial charge in [0.15, 0.2) is 0 Å². The fraction of sp³-hybridized carbons (Fsp3) is 0. The van der Waals surface area contributed by atoms with Crippen molar-refractivity contribution in [2.24, 2.45) is 0 Å². The number of carbonyl (C=O) groups is 1. The zero-order valence-corrected chi connectivity index (χ0v) is 8.09. The molecule has 0 aliphatic rings. The van der Waals surface area contributed by atoms with Gasteiger partial charge in [-0.25, -0.2) is 9.18 Å². The summed E-state index contributed by atoms with van der Waals surface area (Å²) in [4.78, 5) is 18.2. The van der Waals surface area contributed by atoms with E-state index in [0.29, 0.717) is 11.1 Å². The largest absolute Gasteiger partial charge is 0.478 e. The highest BCUT2D eigenvalue weighted by molar-refractivity contribution is 5.88. The molecule has 80 valence electrons. The van der Waals surface area contributed by atoms with Crippen molar-refractivity contribution in [1.29, 1.82) is 0 Å². The topological polar surface area (TPSA) is 63.1 Å². The molecule has 4 nitrogen and oxygen atoms in total. The van der Waals surface area contributed by atoms with E-state index in [9.17, 15) is 9.18 Å². The van der Waals surface area contributed by atoms with Crippen molar-refractivity contribution in [2.75, 3.05) is 0 Å². The molecule has 2 heterocycles. The van der Waals surface area contributed by atoms with Crippen molar-refractivity contribution in [3.8, 4) is 11.1 Å². The number of carboxylic acid groups (broad SMARTS) is 1. The Morgan fingerprint density at radius 3 is 2.31 bits per heavy atom. The van der Waals surface area contributed by atoms with E-state index in [-0.39, 0.29) is 5.56 Å². The molecule has 0 aliphatic carbocycles. The van der Waals surface area contributed by atoms with E-state index in [1.165, 1.54) is 30.7 Å². The zero-order valence-electron chi connectivity index (χ0n) is 8.09. The number of aromatic nitrogens is 2. The van der Waals surface area contributed by atoms with Crippen molar-refractivity contribution >= 4 is 5.97 Å². The molecule has 2 aromatic heterocycles. The van der Waals surface area contributed by atoms with Gasteiger partial charge in [0.1, 0.15) is 5.82 Å². The number of aromatic carboxylic acids is 1. The monoisotopic (exact) mass is 218 g/mol. The number of pyridine rings is 2. The fourth-order valence-corrected chi connectivity index (χ4v) is 1.28. The van der Waals surface area contributed by atoms with E-state index in [1.54, 1.807) is 0 Å². The predicted octanol–water partition coefficient (Wildman–Crippen LogP) is 1.98. The lowest BCUT2D eigenvalue weighted by molar-refractivity contribution is 0.0696. The highest BCUT2D eigenvalue weighted by Gasteiger charge is 2.06. The first-order valence-electron chi connectivity index (χ1n) is 4.46. The SMILES string of the molecule is O=C(O)c1cncc(-c2cncc(F)c2)c1. The quantitative estimate of drug-likeness (QED) is 0.837. The number of carboxylic acids is 1. The van der Waals surface area contributed by atoms with Crippen LogP contribution in [0.4, 0.5) is 4.39 Å². The number of hydrogen-bond donors (Lipinski definition) is 1. The lowest BCUT2D eigenvalue weighted by Crippen LogP contribution is -1.97. The Hall–Kier alpha value is -2.30. The van der Waals surface area contributed by atoms with Crippen LogP contribution >= 0.6 is 0 Å². The van der Waals surface area contributed by atoms with Gasteiger partial charge in [0.05, 0.1) is 11.8 Å². The Kier molecular flexibility index (Phi) is 2.59. The minimum Gasteiger partial charge on any atom is -0.478 e. The van der Waals surface area contributed by atoms with Crippen LogP contribution < -0.4 is 0 Å². The zero-order chi connectivity index (χ0) is 11.5. The number of rotatable bonds is 2. The second kappa shape index (κ2) is 4.06. The average Bonchev–Trinajstić information content (AvgIpc) is 2.29. The second-order valence-electron chi connectivity index (χ2n) is 3.16. The molecular weight excluding hydrogens is 211 g/mol. The van der Waals surface area contributed by atoms with Gasteiger partial charge in [-0.05, 0) is 12.1 Å². The molecule has 1 N–H and O–H groups in total. The van der Waals surface area contributed by atoms with Crippen LogP contribution in [-0.4, -0.2) is 21.0 Å². The van der Waals surface area contributed by atoms with Gasteiger partial charge in [-0.15, -0.1) is 0 Å². The van der Waals surface area contributed by atoms with Crippen molar-refractivity contribution in [2.45, 2.75) is 0 Å². The highest BCUT2D eigenvalue weighted by Crippen LogP contribution is 2.18. The van der Waals surface area contributed by atoms with Crippen molar-refractivity contribution in [1.82, 2.24) is 9.97 Å². The summed E-state index contributed by atoms with van der Waals surface area (Å²) >= 11 is 0. The van der Waals surface area contributed by atoms with Gasteiger partial charge in [0.25, 0.3) is 0 Å². The van der Waals surface area contributed by atoms with Gasteiger partial charge < -0.3 is 5.11 Å². The van der Waals surface area contributed by atoms with Crippen LogP contribution in [0.3, 0.4) is 0 Å². The number of nitrogens with zero attached hydrogens (tertiary/aromatic N) is 2. The number of halogens is 1. The van der Waals surface area contributed by atoms with Crippen molar-refractivity contribution in [3.05, 3.63) is 48.3 Å². The summed E-state index contributed by atoms with van der Waals surface area (Å²) in [5.41, 5.74) is 1.07.